The molecule has 106 valence electrons. The van der Waals surface area contributed by atoms with Crippen molar-refractivity contribution < 1.29 is 15.0 Å². The number of aliphatic hydroxyl groups is 2. The van der Waals surface area contributed by atoms with E-state index in [2.05, 4.69) is 10.3 Å². The number of aromatic nitrogens is 1. The van der Waals surface area contributed by atoms with Crippen LogP contribution in [0.4, 0.5) is 0 Å². The number of hydrogen-bond donors (Lipinski definition) is 3. The molecule has 0 aliphatic heterocycles. The number of rotatable bonds is 6. The second-order valence-corrected chi connectivity index (χ2v) is 4.81. The lowest BCUT2D eigenvalue weighted by Gasteiger charge is -2.29. The zero-order valence-electron chi connectivity index (χ0n) is 11.1. The first-order valence-corrected chi connectivity index (χ1v) is 6.58. The van der Waals surface area contributed by atoms with Crippen LogP contribution in [0.2, 0.25) is 5.15 Å². The molecular formula is C13H19ClN2O3. The lowest BCUT2D eigenvalue weighted by atomic mass is 9.98. The summed E-state index contributed by atoms with van der Waals surface area (Å²) in [7, 11) is 0. The molecule has 0 saturated heterocycles. The topological polar surface area (TPSA) is 82.5 Å². The van der Waals surface area contributed by atoms with Crippen LogP contribution in [0.1, 0.15) is 36.3 Å². The first-order chi connectivity index (χ1) is 9.00. The van der Waals surface area contributed by atoms with Crippen LogP contribution in [0.3, 0.4) is 0 Å². The number of hydrogen-bond acceptors (Lipinski definition) is 4. The van der Waals surface area contributed by atoms with E-state index in [1.165, 1.54) is 6.07 Å². The maximum atomic E-state index is 12.1. The lowest BCUT2D eigenvalue weighted by molar-refractivity contribution is 0.0653. The summed E-state index contributed by atoms with van der Waals surface area (Å²) in [5.74, 6) is -0.385. The number of carbonyl (C=O) groups excluding carboxylic acids is 1. The van der Waals surface area contributed by atoms with Gasteiger partial charge in [-0.2, -0.15) is 0 Å². The second kappa shape index (κ2) is 6.84. The van der Waals surface area contributed by atoms with Gasteiger partial charge in [-0.15, -0.1) is 0 Å². The Balaban J connectivity index is 2.97. The van der Waals surface area contributed by atoms with E-state index < -0.39 is 5.54 Å². The highest BCUT2D eigenvalue weighted by Gasteiger charge is 2.29. The quantitative estimate of drug-likeness (QED) is 0.686. The van der Waals surface area contributed by atoms with Crippen molar-refractivity contribution in [2.45, 2.75) is 32.2 Å². The fourth-order valence-electron chi connectivity index (χ4n) is 1.62. The third kappa shape index (κ3) is 3.89. The van der Waals surface area contributed by atoms with Crippen molar-refractivity contribution in [3.05, 3.63) is 28.5 Å². The monoisotopic (exact) mass is 286 g/mol. The molecule has 0 aromatic carbocycles. The summed E-state index contributed by atoms with van der Waals surface area (Å²) in [4.78, 5) is 16.2. The molecule has 0 radical (unpaired) electrons. The van der Waals surface area contributed by atoms with Crippen molar-refractivity contribution in [3.63, 3.8) is 0 Å². The fraction of sp³-hybridized carbons (Fsp3) is 0.538. The molecule has 1 aromatic rings. The lowest BCUT2D eigenvalue weighted by Crippen LogP contribution is -2.53. The number of halogens is 1. The van der Waals surface area contributed by atoms with Gasteiger partial charge >= 0.3 is 0 Å². The summed E-state index contributed by atoms with van der Waals surface area (Å²) < 4.78 is 0. The Bertz CT molecular complexity index is 439. The summed E-state index contributed by atoms with van der Waals surface area (Å²) in [5.41, 5.74) is 0.0727. The molecule has 6 heteroatoms. The Kier molecular flexibility index (Phi) is 5.72. The van der Waals surface area contributed by atoms with Crippen LogP contribution in [-0.4, -0.2) is 39.9 Å². The summed E-state index contributed by atoms with van der Waals surface area (Å²) >= 11 is 5.86. The average Bonchev–Trinajstić information content (AvgIpc) is 2.44. The van der Waals surface area contributed by atoms with Crippen LogP contribution < -0.4 is 5.32 Å². The van der Waals surface area contributed by atoms with Gasteiger partial charge in [-0.1, -0.05) is 25.4 Å². The van der Waals surface area contributed by atoms with Crippen LogP contribution in [0.25, 0.3) is 0 Å². The number of nitrogens with one attached hydrogen (secondary N) is 1. The smallest absolute Gasteiger partial charge is 0.252 e. The normalized spacial score (nSPS) is 11.4. The standard InChI is InChI=1S/C13H19ClN2O3/c1-3-10-5-9(6-11(14)15-10)12(19)16-13(4-2,7-17)8-18/h5-6,17-18H,3-4,7-8H2,1-2H3,(H,16,19). The molecule has 0 bridgehead atoms. The molecule has 1 heterocycles. The van der Waals surface area contributed by atoms with Gasteiger partial charge in [0.25, 0.3) is 5.91 Å². The van der Waals surface area contributed by atoms with Gasteiger partial charge in [0.1, 0.15) is 5.15 Å². The predicted molar refractivity (Wildman–Crippen MR) is 73.3 cm³/mol. The van der Waals surface area contributed by atoms with E-state index in [0.29, 0.717) is 24.1 Å². The molecule has 0 saturated carbocycles. The maximum Gasteiger partial charge on any atom is 0.252 e. The Hall–Kier alpha value is -1.17. The van der Waals surface area contributed by atoms with Gasteiger partial charge in [0.05, 0.1) is 18.8 Å². The molecule has 0 spiro atoms. The average molecular weight is 287 g/mol. The summed E-state index contributed by atoms with van der Waals surface area (Å²) in [6.07, 6.45) is 1.09. The van der Waals surface area contributed by atoms with Crippen molar-refractivity contribution in [2.24, 2.45) is 0 Å². The molecule has 1 amide bonds. The minimum atomic E-state index is -1.01. The van der Waals surface area contributed by atoms with Crippen LogP contribution >= 0.6 is 11.6 Å². The summed E-state index contributed by atoms with van der Waals surface area (Å²) in [5, 5.41) is 21.5. The number of pyridine rings is 1. The van der Waals surface area contributed by atoms with E-state index in [4.69, 9.17) is 11.6 Å². The minimum Gasteiger partial charge on any atom is -0.394 e. The Morgan fingerprint density at radius 1 is 1.37 bits per heavy atom. The highest BCUT2D eigenvalue weighted by molar-refractivity contribution is 6.29. The van der Waals surface area contributed by atoms with Gasteiger partial charge < -0.3 is 15.5 Å². The van der Waals surface area contributed by atoms with Crippen molar-refractivity contribution in [3.8, 4) is 0 Å². The van der Waals surface area contributed by atoms with Crippen molar-refractivity contribution in [1.82, 2.24) is 10.3 Å². The predicted octanol–water partition coefficient (Wildman–Crippen LogP) is 1.16. The zero-order valence-corrected chi connectivity index (χ0v) is 11.9. The van der Waals surface area contributed by atoms with Gasteiger partial charge in [0.2, 0.25) is 0 Å². The van der Waals surface area contributed by atoms with Gasteiger partial charge in [-0.3, -0.25) is 4.79 Å². The second-order valence-electron chi connectivity index (χ2n) is 4.43. The number of amides is 1. The van der Waals surface area contributed by atoms with E-state index in [1.807, 2.05) is 6.92 Å². The highest BCUT2D eigenvalue weighted by Crippen LogP contribution is 2.14. The summed E-state index contributed by atoms with van der Waals surface area (Å²) in [6, 6.07) is 3.11. The summed E-state index contributed by atoms with van der Waals surface area (Å²) in [6.45, 7) is 3.04. The number of nitrogens with zero attached hydrogens (tertiary/aromatic N) is 1. The van der Waals surface area contributed by atoms with Gasteiger partial charge in [0.15, 0.2) is 0 Å². The van der Waals surface area contributed by atoms with Crippen molar-refractivity contribution >= 4 is 17.5 Å². The van der Waals surface area contributed by atoms with Gasteiger partial charge in [-0.05, 0) is 25.0 Å². The molecule has 5 nitrogen and oxygen atoms in total. The third-order valence-electron chi connectivity index (χ3n) is 3.13. The van der Waals surface area contributed by atoms with E-state index >= 15 is 0 Å². The molecule has 0 atom stereocenters. The van der Waals surface area contributed by atoms with E-state index in [-0.39, 0.29) is 24.3 Å². The zero-order chi connectivity index (χ0) is 14.5. The molecule has 0 aliphatic rings. The maximum absolute atomic E-state index is 12.1. The molecule has 1 aromatic heterocycles. The van der Waals surface area contributed by atoms with Crippen molar-refractivity contribution in [2.75, 3.05) is 13.2 Å². The molecule has 0 aliphatic carbocycles. The highest BCUT2D eigenvalue weighted by atomic mass is 35.5. The molecule has 0 unspecified atom stereocenters. The molecule has 19 heavy (non-hydrogen) atoms. The first kappa shape index (κ1) is 15.9. The number of aryl methyl sites for hydroxylation is 1. The first-order valence-electron chi connectivity index (χ1n) is 6.21. The fourth-order valence-corrected chi connectivity index (χ4v) is 1.84. The Morgan fingerprint density at radius 2 is 2.00 bits per heavy atom. The van der Waals surface area contributed by atoms with Crippen LogP contribution in [0, 0.1) is 0 Å². The molecule has 1 rings (SSSR count). The van der Waals surface area contributed by atoms with E-state index in [9.17, 15) is 15.0 Å². The minimum absolute atomic E-state index is 0.250. The SMILES string of the molecule is CCc1cc(C(=O)NC(CC)(CO)CO)cc(Cl)n1. The molecule has 3 N–H and O–H groups in total. The van der Waals surface area contributed by atoms with Crippen LogP contribution in [0.15, 0.2) is 12.1 Å². The Labute approximate surface area is 117 Å². The van der Waals surface area contributed by atoms with E-state index in [0.717, 1.165) is 0 Å². The molecular weight excluding hydrogens is 268 g/mol. The van der Waals surface area contributed by atoms with Crippen molar-refractivity contribution in [1.29, 1.82) is 0 Å². The van der Waals surface area contributed by atoms with Crippen LogP contribution in [-0.2, 0) is 6.42 Å². The number of aliphatic hydroxyl groups excluding tert-OH is 2. The molecule has 0 fully saturated rings. The largest absolute Gasteiger partial charge is 0.394 e. The van der Waals surface area contributed by atoms with E-state index in [1.54, 1.807) is 13.0 Å². The van der Waals surface area contributed by atoms with Gasteiger partial charge in [-0.25, -0.2) is 4.98 Å². The Morgan fingerprint density at radius 3 is 2.47 bits per heavy atom. The third-order valence-corrected chi connectivity index (χ3v) is 3.33. The van der Waals surface area contributed by atoms with Crippen LogP contribution in [0.5, 0.6) is 0 Å². The van der Waals surface area contributed by atoms with Gasteiger partial charge in [0, 0.05) is 11.3 Å². The number of carbonyl (C=O) groups is 1.